The molecule has 2 fully saturated rings. The number of nitrogens with one attached hydrogen (secondary N) is 1. The van der Waals surface area contributed by atoms with E-state index in [9.17, 15) is 30.4 Å². The lowest BCUT2D eigenvalue weighted by Crippen LogP contribution is -2.45. The molecule has 0 spiro atoms. The summed E-state index contributed by atoms with van der Waals surface area (Å²) in [6, 6.07) is 1.47. The Bertz CT molecular complexity index is 1300. The Hall–Kier alpha value is -2.80. The molecule has 2 aliphatic heterocycles. The number of pyridine rings is 1. The Morgan fingerprint density at radius 1 is 1.14 bits per heavy atom. The fraction of sp³-hybridized carbons (Fsp3) is 0.455. The molecule has 7 nitrogen and oxygen atoms in total. The number of oxime groups is 1. The van der Waals surface area contributed by atoms with Crippen LogP contribution >= 0.6 is 0 Å². The molecule has 1 aromatic carbocycles. The Morgan fingerprint density at radius 2 is 1.83 bits per heavy atom. The van der Waals surface area contributed by atoms with Crippen LogP contribution < -0.4 is 4.72 Å². The van der Waals surface area contributed by atoms with Gasteiger partial charge in [-0.05, 0) is 18.6 Å². The van der Waals surface area contributed by atoms with E-state index in [1.807, 2.05) is 0 Å². The van der Waals surface area contributed by atoms with Crippen LogP contribution in [0, 0.1) is 24.4 Å². The molecule has 1 saturated heterocycles. The molecule has 0 amide bonds. The van der Waals surface area contributed by atoms with E-state index in [4.69, 9.17) is 4.84 Å². The zero-order chi connectivity index (χ0) is 25.1. The largest absolute Gasteiger partial charge is 0.384 e. The molecular formula is C22H21F5N4O3S. The molecule has 3 heterocycles. The van der Waals surface area contributed by atoms with Gasteiger partial charge in [-0.2, -0.15) is 0 Å². The van der Waals surface area contributed by atoms with Crippen LogP contribution in [-0.4, -0.2) is 54.4 Å². The normalized spacial score (nSPS) is 25.5. The van der Waals surface area contributed by atoms with E-state index in [-0.39, 0.29) is 49.4 Å². The zero-order valence-corrected chi connectivity index (χ0v) is 19.3. The van der Waals surface area contributed by atoms with Gasteiger partial charge >= 0.3 is 0 Å². The molecule has 3 atom stereocenters. The average molecular weight is 516 g/mol. The van der Waals surface area contributed by atoms with E-state index in [1.165, 1.54) is 17.2 Å². The Kier molecular flexibility index (Phi) is 5.74. The molecule has 13 heteroatoms. The van der Waals surface area contributed by atoms with Crippen molar-refractivity contribution in [3.63, 3.8) is 0 Å². The van der Waals surface area contributed by atoms with Gasteiger partial charge in [0.25, 0.3) is 0 Å². The van der Waals surface area contributed by atoms with Gasteiger partial charge < -0.3 is 9.74 Å². The van der Waals surface area contributed by atoms with Gasteiger partial charge in [0.1, 0.15) is 29.5 Å². The summed E-state index contributed by atoms with van der Waals surface area (Å²) in [4.78, 5) is 11.2. The van der Waals surface area contributed by atoms with Gasteiger partial charge in [0.15, 0.2) is 6.10 Å². The Morgan fingerprint density at radius 3 is 2.49 bits per heavy atom. The van der Waals surface area contributed by atoms with Crippen LogP contribution in [0.25, 0.3) is 11.1 Å². The van der Waals surface area contributed by atoms with E-state index < -0.39 is 56.4 Å². The van der Waals surface area contributed by atoms with Crippen LogP contribution in [0.2, 0.25) is 0 Å². The fourth-order valence-electron chi connectivity index (χ4n) is 4.29. The van der Waals surface area contributed by atoms with Gasteiger partial charge in [-0.25, -0.2) is 35.1 Å². The second-order valence-corrected chi connectivity index (χ2v) is 11.0. The third-order valence-electron chi connectivity index (χ3n) is 6.33. The van der Waals surface area contributed by atoms with Gasteiger partial charge in [0, 0.05) is 43.3 Å². The highest BCUT2D eigenvalue weighted by Gasteiger charge is 2.57. The van der Waals surface area contributed by atoms with Crippen LogP contribution in [0.3, 0.4) is 0 Å². The van der Waals surface area contributed by atoms with Gasteiger partial charge in [0.2, 0.25) is 15.0 Å². The number of aromatic nitrogens is 1. The van der Waals surface area contributed by atoms with Crippen LogP contribution in [0.1, 0.15) is 36.6 Å². The molecular weight excluding hydrogens is 495 g/mol. The number of aryl methyl sites for hydroxylation is 1. The monoisotopic (exact) mass is 516 g/mol. The summed E-state index contributed by atoms with van der Waals surface area (Å²) in [7, 11) is -4.32. The number of nitrogens with zero attached hydrogens (tertiary/aromatic N) is 3. The second-order valence-electron chi connectivity index (χ2n) is 9.03. The van der Waals surface area contributed by atoms with Crippen molar-refractivity contribution in [2.24, 2.45) is 5.16 Å². The van der Waals surface area contributed by atoms with Crippen molar-refractivity contribution in [2.45, 2.75) is 49.5 Å². The predicted molar refractivity (Wildman–Crippen MR) is 116 cm³/mol. The Labute approximate surface area is 198 Å². The summed E-state index contributed by atoms with van der Waals surface area (Å²) in [6.45, 7) is 1.38. The van der Waals surface area contributed by atoms with Gasteiger partial charge in [-0.3, -0.25) is 4.98 Å². The first-order valence-electron chi connectivity index (χ1n) is 10.9. The maximum atomic E-state index is 14.6. The first-order chi connectivity index (χ1) is 16.5. The standard InChI is InChI=1S/C22H21F5N4O3S/c1-11-4-13(20-14(24)5-12(23)6-15(20)25)21(28-8-11)18-7-19(29-34-18)31-9-16(26)17(10-31)30-35(32,33)22(27)2-3-22/h4-6,8,16-18,30H,2-3,7,9-10H2,1H3/t16-,17+,18+/m1/s1. The molecule has 0 radical (unpaired) electrons. The van der Waals surface area contributed by atoms with E-state index in [2.05, 4.69) is 14.9 Å². The van der Waals surface area contributed by atoms with Crippen molar-refractivity contribution < 1.29 is 35.2 Å². The lowest BCUT2D eigenvalue weighted by atomic mass is 9.97. The predicted octanol–water partition coefficient (Wildman–Crippen LogP) is 3.65. The molecule has 0 unspecified atom stereocenters. The number of hydrogen-bond acceptors (Lipinski definition) is 6. The van der Waals surface area contributed by atoms with E-state index in [0.717, 1.165) is 0 Å². The number of hydrogen-bond donors (Lipinski definition) is 1. The molecule has 0 bridgehead atoms. The van der Waals surface area contributed by atoms with Crippen molar-refractivity contribution in [1.29, 1.82) is 0 Å². The van der Waals surface area contributed by atoms with Crippen LogP contribution in [0.5, 0.6) is 0 Å². The summed E-state index contributed by atoms with van der Waals surface area (Å²) >= 11 is 0. The second kappa shape index (κ2) is 8.40. The maximum absolute atomic E-state index is 14.6. The van der Waals surface area contributed by atoms with Gasteiger partial charge in [-0.15, -0.1) is 0 Å². The molecule has 1 aromatic heterocycles. The van der Waals surface area contributed by atoms with Crippen molar-refractivity contribution in [3.05, 3.63) is 53.1 Å². The Balaban J connectivity index is 1.34. The lowest BCUT2D eigenvalue weighted by Gasteiger charge is -2.18. The first kappa shape index (κ1) is 23.9. The minimum Gasteiger partial charge on any atom is -0.384 e. The van der Waals surface area contributed by atoms with Crippen LogP contribution in [0.4, 0.5) is 22.0 Å². The third kappa shape index (κ3) is 4.35. The van der Waals surface area contributed by atoms with Crippen molar-refractivity contribution in [1.82, 2.24) is 14.6 Å². The molecule has 35 heavy (non-hydrogen) atoms. The summed E-state index contributed by atoms with van der Waals surface area (Å²) in [5.41, 5.74) is 0.353. The number of likely N-dealkylation sites (tertiary alicyclic amines) is 1. The topological polar surface area (TPSA) is 83.9 Å². The van der Waals surface area contributed by atoms with Crippen molar-refractivity contribution in [3.8, 4) is 11.1 Å². The molecule has 1 saturated carbocycles. The van der Waals surface area contributed by atoms with Crippen LogP contribution in [0.15, 0.2) is 29.6 Å². The number of sulfonamides is 1. The highest BCUT2D eigenvalue weighted by molar-refractivity contribution is 7.91. The zero-order valence-electron chi connectivity index (χ0n) is 18.4. The smallest absolute Gasteiger partial charge is 0.247 e. The lowest BCUT2D eigenvalue weighted by molar-refractivity contribution is 0.0828. The number of benzene rings is 1. The molecule has 1 aliphatic carbocycles. The molecule has 1 N–H and O–H groups in total. The van der Waals surface area contributed by atoms with Crippen molar-refractivity contribution >= 4 is 15.9 Å². The SMILES string of the molecule is Cc1cnc([C@@H]2CC(N3C[C@@H](F)[C@@H](NS(=O)(=O)C4(F)CC4)C3)=NO2)c(-c2c(F)cc(F)cc2F)c1. The average Bonchev–Trinajstić information content (AvgIpc) is 3.19. The number of rotatable bonds is 5. The van der Waals surface area contributed by atoms with Crippen LogP contribution in [-0.2, 0) is 14.9 Å². The molecule has 188 valence electrons. The van der Waals surface area contributed by atoms with E-state index >= 15 is 0 Å². The maximum Gasteiger partial charge on any atom is 0.247 e. The fourth-order valence-corrected chi connectivity index (χ4v) is 5.76. The highest BCUT2D eigenvalue weighted by atomic mass is 32.2. The summed E-state index contributed by atoms with van der Waals surface area (Å²) < 4.78 is 97.5. The van der Waals surface area contributed by atoms with Gasteiger partial charge in [0.05, 0.1) is 30.3 Å². The van der Waals surface area contributed by atoms with E-state index in [0.29, 0.717) is 17.7 Å². The number of halogens is 5. The van der Waals surface area contributed by atoms with Gasteiger partial charge in [-0.1, -0.05) is 5.16 Å². The summed E-state index contributed by atoms with van der Waals surface area (Å²) in [5.74, 6) is -2.99. The van der Waals surface area contributed by atoms with Crippen molar-refractivity contribution in [2.75, 3.05) is 13.1 Å². The summed E-state index contributed by atoms with van der Waals surface area (Å²) in [6.07, 6.45) is -1.20. The number of alkyl halides is 2. The first-order valence-corrected chi connectivity index (χ1v) is 12.4. The minimum absolute atomic E-state index is 0.0622. The quantitative estimate of drug-likeness (QED) is 0.614. The third-order valence-corrected chi connectivity index (χ3v) is 8.32. The molecule has 5 rings (SSSR count). The minimum atomic E-state index is -4.32. The molecule has 3 aliphatic rings. The number of amidine groups is 1. The van der Waals surface area contributed by atoms with E-state index in [1.54, 1.807) is 6.92 Å². The highest BCUT2D eigenvalue weighted by Crippen LogP contribution is 2.44. The summed E-state index contributed by atoms with van der Waals surface area (Å²) in [5, 5.41) is 1.61. The molecule has 2 aromatic rings.